The van der Waals surface area contributed by atoms with Gasteiger partial charge in [-0.25, -0.2) is 14.4 Å². The van der Waals surface area contributed by atoms with E-state index in [9.17, 15) is 14.4 Å². The van der Waals surface area contributed by atoms with Gasteiger partial charge in [0, 0.05) is 12.7 Å². The minimum absolute atomic E-state index is 0.0812. The maximum absolute atomic E-state index is 13.0. The Morgan fingerprint density at radius 1 is 0.903 bits per heavy atom. The van der Waals surface area contributed by atoms with Gasteiger partial charge in [-0.2, -0.15) is 0 Å². The Morgan fingerprint density at radius 2 is 1.52 bits per heavy atom. The van der Waals surface area contributed by atoms with Crippen LogP contribution in [0.5, 0.6) is 0 Å². The van der Waals surface area contributed by atoms with Crippen LogP contribution in [-0.4, -0.2) is 69.4 Å². The monoisotopic (exact) mass is 436 g/mol. The summed E-state index contributed by atoms with van der Waals surface area (Å²) in [6.45, 7) is 1.75. The zero-order chi connectivity index (χ0) is 22.6. The van der Waals surface area contributed by atoms with Crippen LogP contribution < -0.4 is 0 Å². The van der Waals surface area contributed by atoms with Crippen molar-refractivity contribution in [1.82, 2.24) is 0 Å². The molecule has 1 spiro atoms. The van der Waals surface area contributed by atoms with E-state index in [-0.39, 0.29) is 11.1 Å². The lowest BCUT2D eigenvalue weighted by Gasteiger charge is -2.34. The molecule has 2 fully saturated rings. The SMILES string of the molecule is COC(=O)C1=C(C(=O)OC)C2(OC)OC13CCCCCCC3=C2C1(C(=O)OC)OC1C. The first-order valence-corrected chi connectivity index (χ1v) is 10.5. The minimum atomic E-state index is -1.81. The van der Waals surface area contributed by atoms with Crippen molar-refractivity contribution in [3.63, 3.8) is 0 Å². The fourth-order valence-corrected chi connectivity index (χ4v) is 5.58. The molecular weight excluding hydrogens is 408 g/mol. The number of epoxide rings is 1. The van der Waals surface area contributed by atoms with Crippen molar-refractivity contribution in [1.29, 1.82) is 0 Å². The number of esters is 3. The van der Waals surface area contributed by atoms with Gasteiger partial charge in [0.25, 0.3) is 0 Å². The van der Waals surface area contributed by atoms with Gasteiger partial charge in [0.2, 0.25) is 11.4 Å². The number of hydrogen-bond acceptors (Lipinski definition) is 9. The van der Waals surface area contributed by atoms with Crippen LogP contribution >= 0.6 is 0 Å². The number of hydrogen-bond donors (Lipinski definition) is 0. The first-order chi connectivity index (χ1) is 14.8. The van der Waals surface area contributed by atoms with Crippen molar-refractivity contribution in [2.24, 2.45) is 0 Å². The van der Waals surface area contributed by atoms with Gasteiger partial charge >= 0.3 is 17.9 Å². The van der Waals surface area contributed by atoms with Crippen LogP contribution in [0.1, 0.15) is 45.4 Å². The second-order valence-corrected chi connectivity index (χ2v) is 8.24. The van der Waals surface area contributed by atoms with Crippen molar-refractivity contribution >= 4 is 17.9 Å². The van der Waals surface area contributed by atoms with E-state index in [2.05, 4.69) is 0 Å². The molecule has 4 atom stereocenters. The number of carbonyl (C=O) groups excluding carboxylic acids is 3. The van der Waals surface area contributed by atoms with Crippen LogP contribution in [0.4, 0.5) is 0 Å². The van der Waals surface area contributed by atoms with Gasteiger partial charge in [0.1, 0.15) is 17.3 Å². The maximum Gasteiger partial charge on any atom is 0.345 e. The lowest BCUT2D eigenvalue weighted by Crippen LogP contribution is -2.47. The zero-order valence-electron chi connectivity index (χ0n) is 18.5. The molecule has 2 bridgehead atoms. The first-order valence-electron chi connectivity index (χ1n) is 10.5. The Morgan fingerprint density at radius 3 is 2.06 bits per heavy atom. The molecular formula is C22H28O9. The van der Waals surface area contributed by atoms with Crippen molar-refractivity contribution in [3.8, 4) is 0 Å². The van der Waals surface area contributed by atoms with E-state index in [0.717, 1.165) is 31.3 Å². The lowest BCUT2D eigenvalue weighted by molar-refractivity contribution is -0.192. The predicted octanol–water partition coefficient (Wildman–Crippen LogP) is 1.74. The topological polar surface area (TPSA) is 110 Å². The smallest absolute Gasteiger partial charge is 0.345 e. The average molecular weight is 436 g/mol. The molecule has 4 rings (SSSR count). The van der Waals surface area contributed by atoms with Crippen molar-refractivity contribution in [3.05, 3.63) is 22.3 Å². The Hall–Kier alpha value is -2.23. The summed E-state index contributed by atoms with van der Waals surface area (Å²) >= 11 is 0. The van der Waals surface area contributed by atoms with Gasteiger partial charge in [-0.3, -0.25) is 0 Å². The van der Waals surface area contributed by atoms with E-state index < -0.39 is 41.0 Å². The molecule has 0 aromatic rings. The van der Waals surface area contributed by atoms with Crippen LogP contribution in [0.3, 0.4) is 0 Å². The van der Waals surface area contributed by atoms with E-state index in [1.165, 1.54) is 28.4 Å². The summed E-state index contributed by atoms with van der Waals surface area (Å²) in [6, 6.07) is 0. The second-order valence-electron chi connectivity index (χ2n) is 8.24. The zero-order valence-corrected chi connectivity index (χ0v) is 18.5. The number of ether oxygens (including phenoxy) is 6. The highest BCUT2D eigenvalue weighted by Gasteiger charge is 2.79. The van der Waals surface area contributed by atoms with Crippen LogP contribution in [-0.2, 0) is 42.8 Å². The molecule has 0 aromatic heterocycles. The van der Waals surface area contributed by atoms with Gasteiger partial charge in [0.15, 0.2) is 0 Å². The first kappa shape index (κ1) is 22.0. The van der Waals surface area contributed by atoms with Crippen molar-refractivity contribution < 1.29 is 42.8 Å². The summed E-state index contributed by atoms with van der Waals surface area (Å²) in [7, 11) is 5.12. The van der Waals surface area contributed by atoms with Crippen LogP contribution in [0, 0.1) is 0 Å². The summed E-state index contributed by atoms with van der Waals surface area (Å²) in [5.74, 6) is -3.88. The summed E-state index contributed by atoms with van der Waals surface area (Å²) in [4.78, 5) is 39.0. The molecule has 1 saturated carbocycles. The van der Waals surface area contributed by atoms with Crippen LogP contribution in [0.2, 0.25) is 0 Å². The molecule has 9 nitrogen and oxygen atoms in total. The van der Waals surface area contributed by atoms with Gasteiger partial charge in [-0.15, -0.1) is 0 Å². The summed E-state index contributed by atoms with van der Waals surface area (Å²) in [5.41, 5.74) is -1.60. The third-order valence-corrected chi connectivity index (χ3v) is 6.93. The lowest BCUT2D eigenvalue weighted by atomic mass is 9.68. The van der Waals surface area contributed by atoms with E-state index in [1.807, 2.05) is 0 Å². The van der Waals surface area contributed by atoms with E-state index in [0.29, 0.717) is 18.4 Å². The number of fused-ring (bicyclic) bond motifs is 1. The highest BCUT2D eigenvalue weighted by Crippen LogP contribution is 2.67. The second kappa shape index (κ2) is 7.43. The molecule has 0 N–H and O–H groups in total. The molecule has 0 amide bonds. The molecule has 1 saturated heterocycles. The standard InChI is InChI=1S/C22H28O9/c1-12-21(30-12,19(25)28-4)16-13-10-8-6-7-9-11-20(13)14(17(23)26-2)15(18(24)27-3)22(16,29-5)31-20/h12H,6-11H2,1-5H3. The summed E-state index contributed by atoms with van der Waals surface area (Å²) in [6.07, 6.45) is 4.02. The van der Waals surface area contributed by atoms with Crippen molar-refractivity contribution in [2.75, 3.05) is 28.4 Å². The Balaban J connectivity index is 2.06. The van der Waals surface area contributed by atoms with Gasteiger partial charge < -0.3 is 28.4 Å². The highest BCUT2D eigenvalue weighted by molar-refractivity contribution is 6.07. The average Bonchev–Trinajstić information content (AvgIpc) is 3.23. The minimum Gasteiger partial charge on any atom is -0.467 e. The van der Waals surface area contributed by atoms with E-state index >= 15 is 0 Å². The Kier molecular flexibility index (Phi) is 5.27. The number of methoxy groups -OCH3 is 4. The van der Waals surface area contributed by atoms with Crippen LogP contribution in [0.25, 0.3) is 0 Å². The number of rotatable bonds is 5. The highest BCUT2D eigenvalue weighted by atomic mass is 16.7. The van der Waals surface area contributed by atoms with Gasteiger partial charge in [-0.1, -0.05) is 12.8 Å². The molecule has 170 valence electrons. The van der Waals surface area contributed by atoms with Gasteiger partial charge in [0.05, 0.1) is 26.9 Å². The van der Waals surface area contributed by atoms with Crippen molar-refractivity contribution in [2.45, 2.75) is 68.5 Å². The van der Waals surface area contributed by atoms with E-state index in [4.69, 9.17) is 28.4 Å². The quantitative estimate of drug-likeness (QED) is 0.275. The largest absolute Gasteiger partial charge is 0.467 e. The molecule has 4 aliphatic rings. The number of carbonyl (C=O) groups is 3. The molecule has 3 heterocycles. The Labute approximate surface area is 180 Å². The fraction of sp³-hybridized carbons (Fsp3) is 0.682. The maximum atomic E-state index is 13.0. The predicted molar refractivity (Wildman–Crippen MR) is 105 cm³/mol. The van der Waals surface area contributed by atoms with Crippen LogP contribution in [0.15, 0.2) is 22.3 Å². The molecule has 31 heavy (non-hydrogen) atoms. The molecule has 4 unspecified atom stereocenters. The summed E-state index contributed by atoms with van der Waals surface area (Å²) < 4.78 is 33.4. The molecule has 3 aliphatic heterocycles. The third-order valence-electron chi connectivity index (χ3n) is 6.93. The molecule has 9 heteroatoms. The normalized spacial score (nSPS) is 36.5. The Bertz CT molecular complexity index is 903. The molecule has 0 aromatic carbocycles. The van der Waals surface area contributed by atoms with Gasteiger partial charge in [-0.05, 0) is 38.2 Å². The summed E-state index contributed by atoms with van der Waals surface area (Å²) in [5, 5.41) is 0. The molecule has 0 radical (unpaired) electrons. The third kappa shape index (κ3) is 2.63. The van der Waals surface area contributed by atoms with E-state index in [1.54, 1.807) is 6.92 Å². The fourth-order valence-electron chi connectivity index (χ4n) is 5.58. The molecule has 1 aliphatic carbocycles.